The molecule has 6 nitrogen and oxygen atoms in total. The molecule has 0 bridgehead atoms. The summed E-state index contributed by atoms with van der Waals surface area (Å²) in [5, 5.41) is 4.33. The first-order chi connectivity index (χ1) is 13.7. The first kappa shape index (κ1) is 18.5. The van der Waals surface area contributed by atoms with Gasteiger partial charge in [0.1, 0.15) is 17.8 Å². The molecule has 2 aromatic heterocycles. The monoisotopic (exact) mass is 377 g/mol. The Morgan fingerprint density at radius 1 is 1.32 bits per heavy atom. The van der Waals surface area contributed by atoms with Gasteiger partial charge in [-0.3, -0.25) is 4.79 Å². The molecule has 6 heteroatoms. The van der Waals surface area contributed by atoms with E-state index in [2.05, 4.69) is 44.2 Å². The second kappa shape index (κ2) is 8.42. The molecule has 1 aromatic carbocycles. The van der Waals surface area contributed by atoms with Gasteiger partial charge in [-0.25, -0.2) is 9.97 Å². The number of hydrogen-bond donors (Lipinski definition) is 2. The Morgan fingerprint density at radius 3 is 3.14 bits per heavy atom. The predicted octanol–water partition coefficient (Wildman–Crippen LogP) is 3.81. The molecule has 0 saturated carbocycles. The Labute approximate surface area is 165 Å². The van der Waals surface area contributed by atoms with E-state index in [1.54, 1.807) is 6.33 Å². The number of nitrogens with one attached hydrogen (secondary N) is 2. The number of H-pyrrole nitrogens is 1. The van der Waals surface area contributed by atoms with Gasteiger partial charge < -0.3 is 15.2 Å². The van der Waals surface area contributed by atoms with Crippen molar-refractivity contribution in [2.75, 3.05) is 29.9 Å². The van der Waals surface area contributed by atoms with Gasteiger partial charge in [-0.05, 0) is 48.9 Å². The SMILES string of the molecule is CCc1cccc(NCC(=O)C[C@@H]2CCCN(c3ncnc4[nH]ccc34)C2)c1. The fourth-order valence-corrected chi connectivity index (χ4v) is 4.03. The number of nitrogens with zero attached hydrogens (tertiary/aromatic N) is 3. The Bertz CT molecular complexity index is 951. The maximum Gasteiger partial charge on any atom is 0.152 e. The summed E-state index contributed by atoms with van der Waals surface area (Å²) in [5.41, 5.74) is 3.16. The van der Waals surface area contributed by atoms with Gasteiger partial charge in [-0.2, -0.15) is 0 Å². The van der Waals surface area contributed by atoms with Gasteiger partial charge in [0.05, 0.1) is 11.9 Å². The topological polar surface area (TPSA) is 73.9 Å². The van der Waals surface area contributed by atoms with Crippen LogP contribution in [0.25, 0.3) is 11.0 Å². The Hall–Kier alpha value is -2.89. The predicted molar refractivity (Wildman–Crippen MR) is 113 cm³/mol. The Kier molecular flexibility index (Phi) is 5.55. The lowest BCUT2D eigenvalue weighted by Gasteiger charge is -2.33. The fraction of sp³-hybridized carbons (Fsp3) is 0.409. The fourth-order valence-electron chi connectivity index (χ4n) is 4.03. The van der Waals surface area contributed by atoms with Crippen molar-refractivity contribution in [1.82, 2.24) is 15.0 Å². The van der Waals surface area contributed by atoms with Crippen LogP contribution in [-0.2, 0) is 11.2 Å². The highest BCUT2D eigenvalue weighted by atomic mass is 16.1. The van der Waals surface area contributed by atoms with E-state index in [1.807, 2.05) is 24.4 Å². The number of aryl methyl sites for hydroxylation is 1. The highest BCUT2D eigenvalue weighted by Gasteiger charge is 2.24. The maximum atomic E-state index is 12.5. The zero-order valence-electron chi connectivity index (χ0n) is 16.3. The van der Waals surface area contributed by atoms with Gasteiger partial charge in [-0.15, -0.1) is 0 Å². The van der Waals surface area contributed by atoms with Crippen LogP contribution >= 0.6 is 0 Å². The van der Waals surface area contributed by atoms with Crippen molar-refractivity contribution in [3.63, 3.8) is 0 Å². The molecule has 1 aliphatic heterocycles. The molecule has 0 radical (unpaired) electrons. The molecule has 1 atom stereocenters. The number of Topliss-reactive ketones (excluding diaryl/α,β-unsaturated/α-hetero) is 1. The molecule has 146 valence electrons. The van der Waals surface area contributed by atoms with E-state index in [0.29, 0.717) is 18.9 Å². The zero-order valence-corrected chi connectivity index (χ0v) is 16.3. The number of ketones is 1. The van der Waals surface area contributed by atoms with Gasteiger partial charge in [-0.1, -0.05) is 19.1 Å². The molecule has 3 heterocycles. The van der Waals surface area contributed by atoms with Gasteiger partial charge in [0.15, 0.2) is 5.78 Å². The number of carbonyl (C=O) groups excluding carboxylic acids is 1. The van der Waals surface area contributed by atoms with Crippen LogP contribution in [0.1, 0.15) is 31.7 Å². The molecule has 0 spiro atoms. The summed E-state index contributed by atoms with van der Waals surface area (Å²) in [7, 11) is 0. The van der Waals surface area contributed by atoms with Crippen LogP contribution in [-0.4, -0.2) is 40.4 Å². The van der Waals surface area contributed by atoms with Gasteiger partial charge in [0.25, 0.3) is 0 Å². The third kappa shape index (κ3) is 4.16. The van der Waals surface area contributed by atoms with Crippen LogP contribution in [0.2, 0.25) is 0 Å². The number of aromatic amines is 1. The average molecular weight is 377 g/mol. The van der Waals surface area contributed by atoms with Gasteiger partial charge >= 0.3 is 0 Å². The standard InChI is InChI=1S/C22H27N5O/c1-2-16-5-3-7-18(11-16)24-13-19(28)12-17-6-4-10-27(14-17)22-20-8-9-23-21(20)25-15-26-22/h3,5,7-9,11,15,17,24H,2,4,6,10,12-14H2,1H3,(H,23,25,26)/t17-/m0/s1. The average Bonchev–Trinajstić information content (AvgIpc) is 3.21. The van der Waals surface area contributed by atoms with Crippen molar-refractivity contribution >= 4 is 28.3 Å². The van der Waals surface area contributed by atoms with Crippen molar-refractivity contribution in [3.8, 4) is 0 Å². The molecule has 2 N–H and O–H groups in total. The summed E-state index contributed by atoms with van der Waals surface area (Å²) >= 11 is 0. The van der Waals surface area contributed by atoms with E-state index < -0.39 is 0 Å². The van der Waals surface area contributed by atoms with Crippen LogP contribution in [0.3, 0.4) is 0 Å². The lowest BCUT2D eigenvalue weighted by molar-refractivity contribution is -0.118. The number of aromatic nitrogens is 3. The minimum atomic E-state index is 0.267. The minimum Gasteiger partial charge on any atom is -0.378 e. The molecule has 1 fully saturated rings. The van der Waals surface area contributed by atoms with E-state index in [4.69, 9.17) is 0 Å². The minimum absolute atomic E-state index is 0.267. The van der Waals surface area contributed by atoms with Crippen molar-refractivity contribution in [2.24, 2.45) is 5.92 Å². The third-order valence-corrected chi connectivity index (χ3v) is 5.49. The van der Waals surface area contributed by atoms with Gasteiger partial charge in [0, 0.05) is 31.4 Å². The molecule has 0 amide bonds. The first-order valence-corrected chi connectivity index (χ1v) is 10.1. The van der Waals surface area contributed by atoms with Crippen molar-refractivity contribution in [1.29, 1.82) is 0 Å². The second-order valence-corrected chi connectivity index (χ2v) is 7.54. The first-order valence-electron chi connectivity index (χ1n) is 10.1. The van der Waals surface area contributed by atoms with E-state index in [-0.39, 0.29) is 5.78 Å². The molecule has 0 unspecified atom stereocenters. The van der Waals surface area contributed by atoms with Crippen molar-refractivity contribution in [3.05, 3.63) is 48.4 Å². The Morgan fingerprint density at radius 2 is 2.25 bits per heavy atom. The van der Waals surface area contributed by atoms with Gasteiger partial charge in [0.2, 0.25) is 0 Å². The second-order valence-electron chi connectivity index (χ2n) is 7.54. The summed E-state index contributed by atoms with van der Waals surface area (Å²) < 4.78 is 0. The third-order valence-electron chi connectivity index (χ3n) is 5.49. The van der Waals surface area contributed by atoms with E-state index >= 15 is 0 Å². The summed E-state index contributed by atoms with van der Waals surface area (Å²) in [6.07, 6.45) is 7.29. The van der Waals surface area contributed by atoms with Crippen LogP contribution in [0.4, 0.5) is 11.5 Å². The molecule has 28 heavy (non-hydrogen) atoms. The number of rotatable bonds is 7. The van der Waals surface area contributed by atoms with Crippen LogP contribution < -0.4 is 10.2 Å². The summed E-state index contributed by atoms with van der Waals surface area (Å²) in [4.78, 5) is 26.8. The number of piperidine rings is 1. The summed E-state index contributed by atoms with van der Waals surface area (Å²) in [6, 6.07) is 10.3. The molecular formula is C22H27N5O. The molecular weight excluding hydrogens is 350 g/mol. The molecule has 3 aromatic rings. The van der Waals surface area contributed by atoms with Crippen LogP contribution in [0, 0.1) is 5.92 Å². The number of carbonyl (C=O) groups is 1. The lowest BCUT2D eigenvalue weighted by atomic mass is 9.92. The molecule has 4 rings (SSSR count). The van der Waals surface area contributed by atoms with E-state index in [9.17, 15) is 4.79 Å². The lowest BCUT2D eigenvalue weighted by Crippen LogP contribution is -2.37. The van der Waals surface area contributed by atoms with Crippen molar-refractivity contribution in [2.45, 2.75) is 32.6 Å². The number of benzene rings is 1. The highest BCUT2D eigenvalue weighted by Crippen LogP contribution is 2.28. The maximum absolute atomic E-state index is 12.5. The quantitative estimate of drug-likeness (QED) is 0.655. The summed E-state index contributed by atoms with van der Waals surface area (Å²) in [6.45, 7) is 4.37. The highest BCUT2D eigenvalue weighted by molar-refractivity contribution is 5.87. The van der Waals surface area contributed by atoms with E-state index in [1.165, 1.54) is 5.56 Å². The number of anilines is 2. The zero-order chi connectivity index (χ0) is 19.3. The van der Waals surface area contributed by atoms with Crippen LogP contribution in [0.15, 0.2) is 42.9 Å². The molecule has 1 saturated heterocycles. The largest absolute Gasteiger partial charge is 0.378 e. The van der Waals surface area contributed by atoms with Crippen LogP contribution in [0.5, 0.6) is 0 Å². The number of hydrogen-bond acceptors (Lipinski definition) is 5. The number of fused-ring (bicyclic) bond motifs is 1. The van der Waals surface area contributed by atoms with Crippen molar-refractivity contribution < 1.29 is 4.79 Å². The molecule has 0 aliphatic carbocycles. The Balaban J connectivity index is 1.34. The smallest absolute Gasteiger partial charge is 0.152 e. The van der Waals surface area contributed by atoms with E-state index in [0.717, 1.165) is 54.9 Å². The summed E-state index contributed by atoms with van der Waals surface area (Å²) in [5.74, 6) is 1.61. The normalized spacial score (nSPS) is 17.0. The molecule has 1 aliphatic rings.